The van der Waals surface area contributed by atoms with E-state index in [9.17, 15) is 46.3 Å². The molecule has 0 aliphatic carbocycles. The smallest absolute Gasteiger partial charge is 0.416 e. The summed E-state index contributed by atoms with van der Waals surface area (Å²) in [5.74, 6) is -0.105. The second kappa shape index (κ2) is 41.0. The Hall–Kier alpha value is -7.29. The number of halogens is 9. The highest BCUT2D eigenvalue weighted by Gasteiger charge is 2.48. The SMILES string of the molecule is CC(C)(C)OC(=O)N1CC(C)(C)c2cc(Br)c(F)cc21.CC(C)(C)OC(=O)N1CC(C)(C)c2cc(Br)ccc21.CC(C)(C)OC(=O)N1CC(C)(C)c2cc(CN3CCOCC3)c(C(F)(F)F)cc21.CC1CN(C(=O)OC(C)(C)C)c2cc(Cl)c(Br)cc21.Cc1c(CN2CCOCC2)ccc2c1C(C)(C)CN2C(=O)OC(C)(C)C.Cc1cc2c(cc1Br)C(C)(C)CN2C(=O)OC(C)(C)C. The van der Waals surface area contributed by atoms with Crippen LogP contribution in [-0.2, 0) is 84.2 Å². The molecule has 0 N–H and O–H groups in total. The third-order valence-corrected chi connectivity index (χ3v) is 26.3. The molecule has 6 aromatic carbocycles. The van der Waals surface area contributed by atoms with Gasteiger partial charge in [-0.25, -0.2) is 33.2 Å². The summed E-state index contributed by atoms with van der Waals surface area (Å²) in [5.41, 5.74) is 10.2. The van der Waals surface area contributed by atoms with Crippen molar-refractivity contribution >= 4 is 146 Å². The lowest BCUT2D eigenvalue weighted by Crippen LogP contribution is -2.38. The maximum absolute atomic E-state index is 13.9. The van der Waals surface area contributed by atoms with Crippen molar-refractivity contribution in [2.24, 2.45) is 0 Å². The lowest BCUT2D eigenvalue weighted by atomic mass is 9.82. The number of ether oxygens (including phenoxy) is 8. The van der Waals surface area contributed by atoms with E-state index >= 15 is 0 Å². The van der Waals surface area contributed by atoms with Crippen LogP contribution in [0.5, 0.6) is 0 Å². The Bertz CT molecular complexity index is 5200. The molecule has 6 aromatic rings. The molecule has 0 saturated carbocycles. The number of carbonyl (C=O) groups is 6. The number of aryl methyl sites for hydroxylation is 1. The molecule has 1 atom stereocenters. The molecule has 0 bridgehead atoms. The van der Waals surface area contributed by atoms with E-state index in [0.29, 0.717) is 74.2 Å². The highest BCUT2D eigenvalue weighted by molar-refractivity contribution is 9.11. The van der Waals surface area contributed by atoms with Gasteiger partial charge in [-0.1, -0.05) is 132 Å². The van der Waals surface area contributed by atoms with Crippen molar-refractivity contribution in [2.75, 3.05) is 121 Å². The van der Waals surface area contributed by atoms with Gasteiger partial charge in [-0.15, -0.1) is 0 Å². The molecule has 2 saturated heterocycles. The average Bonchev–Trinajstić information content (AvgIpc) is 1.63. The van der Waals surface area contributed by atoms with Crippen LogP contribution in [0.25, 0.3) is 0 Å². The van der Waals surface area contributed by atoms with Gasteiger partial charge in [0.25, 0.3) is 0 Å². The monoisotopic (exact) mass is 2130 g/mol. The van der Waals surface area contributed by atoms with E-state index in [0.717, 1.165) is 97.3 Å². The number of hydrogen-bond acceptors (Lipinski definition) is 16. The molecule has 22 nitrogen and oxygen atoms in total. The Balaban J connectivity index is 0.000000181. The first-order valence-electron chi connectivity index (χ1n) is 45.3. The minimum absolute atomic E-state index is 0.0595. The van der Waals surface area contributed by atoms with Gasteiger partial charge in [-0.2, -0.15) is 13.2 Å². The lowest BCUT2D eigenvalue weighted by Gasteiger charge is -2.29. The second-order valence-corrected chi connectivity index (χ2v) is 48.6. The number of anilines is 6. The molecule has 8 aliphatic rings. The summed E-state index contributed by atoms with van der Waals surface area (Å²) in [6.07, 6.45) is -6.71. The molecule has 2 fully saturated rings. The van der Waals surface area contributed by atoms with E-state index in [1.54, 1.807) is 52.5 Å². The molecule has 31 heteroatoms. The molecule has 8 heterocycles. The first-order valence-corrected chi connectivity index (χ1v) is 48.8. The van der Waals surface area contributed by atoms with Gasteiger partial charge in [0.2, 0.25) is 0 Å². The first kappa shape index (κ1) is 109. The fourth-order valence-corrected chi connectivity index (χ4v) is 18.7. The van der Waals surface area contributed by atoms with Crippen molar-refractivity contribution < 1.29 is 84.2 Å². The summed E-state index contributed by atoms with van der Waals surface area (Å²) < 4.78 is 102. The van der Waals surface area contributed by atoms with Crippen LogP contribution < -0.4 is 29.4 Å². The predicted octanol–water partition coefficient (Wildman–Crippen LogP) is 27.3. The fraction of sp³-hybridized carbons (Fsp3) is 0.588. The number of morpholine rings is 2. The Morgan fingerprint density at radius 1 is 0.398 bits per heavy atom. The van der Waals surface area contributed by atoms with E-state index in [2.05, 4.69) is 154 Å². The van der Waals surface area contributed by atoms with E-state index < -0.39 is 62.9 Å². The number of benzene rings is 6. The van der Waals surface area contributed by atoms with Gasteiger partial charge in [0.05, 0.1) is 75.6 Å². The number of fused-ring (bicyclic) bond motifs is 6. The number of nitrogens with zero attached hydrogens (tertiary/aromatic N) is 8. The molecule has 6 amide bonds. The van der Waals surface area contributed by atoms with Crippen molar-refractivity contribution in [3.8, 4) is 0 Å². The van der Waals surface area contributed by atoms with Crippen LogP contribution in [0.3, 0.4) is 0 Å². The topological polar surface area (TPSA) is 202 Å². The van der Waals surface area contributed by atoms with Gasteiger partial charge < -0.3 is 37.9 Å². The average molecular weight is 2130 g/mol. The fourth-order valence-electron chi connectivity index (χ4n) is 17.2. The van der Waals surface area contributed by atoms with Crippen LogP contribution in [0.15, 0.2) is 96.8 Å². The summed E-state index contributed by atoms with van der Waals surface area (Å²) in [7, 11) is 0. The minimum Gasteiger partial charge on any atom is -0.443 e. The molecular weight excluding hydrogens is 1990 g/mol. The van der Waals surface area contributed by atoms with Crippen LogP contribution >= 0.6 is 75.3 Å². The molecule has 14 rings (SSSR count). The molecule has 1 unspecified atom stereocenters. The quantitative estimate of drug-likeness (QED) is 0.119. The largest absolute Gasteiger partial charge is 0.443 e. The van der Waals surface area contributed by atoms with Crippen molar-refractivity contribution in [1.29, 1.82) is 0 Å². The summed E-state index contributed by atoms with van der Waals surface area (Å²) in [6, 6.07) is 24.1. The molecule has 0 radical (unpaired) electrons. The van der Waals surface area contributed by atoms with Crippen LogP contribution in [-0.4, -0.2) is 172 Å². The molecule has 0 aromatic heterocycles. The third-order valence-electron chi connectivity index (χ3n) is 23.2. The maximum atomic E-state index is 13.9. The number of alkyl halides is 3. The summed E-state index contributed by atoms with van der Waals surface area (Å²) in [5, 5.41) is 0.599. The van der Waals surface area contributed by atoms with Crippen LogP contribution in [0.2, 0.25) is 5.02 Å². The Labute approximate surface area is 824 Å². The third kappa shape index (κ3) is 28.3. The van der Waals surface area contributed by atoms with E-state index in [1.807, 2.05) is 168 Å². The standard InChI is InChI=1S/C21H29F3N2O3.C21H32N2O3.C16H22BrNO2.C15H19BrFNO2.C15H20BrNO2.C14H17BrClNO2/c1-19(2,3)29-18(27)26-13-20(4,5)16-10-14(12-25-6-8-28-9-7-25)15(11-17(16)26)21(22,23)24;1-15-16(13-22-9-11-25-12-10-22)7-8-17-18(15)21(5,6)14-23(17)19(24)26-20(2,3)4;1-10-7-13-11(8-12(10)17)16(5,6)9-18(13)14(19)20-15(2,3)4;1-14(2,3)20-13(19)18-8-15(4,5)9-6-10(16)11(17)7-12(9)18;1-14(2,3)19-13(18)17-9-15(4,5)11-8-10(16)6-7-12(11)17;1-8-7-17(13(18)19-14(2,3)4)12-6-11(16)10(15)5-9(8)12/h10-11H,6-9,12-13H2,1-5H3;7-8H,9-14H2,1-6H3;7-8H,9H2,1-6H3;6-7H,8H2,1-5H3;6-8H,9H2,1-5H3;5-6,8H,7H2,1-4H3. The minimum atomic E-state index is -4.51. The summed E-state index contributed by atoms with van der Waals surface area (Å²) >= 11 is 19.8. The van der Waals surface area contributed by atoms with Crippen LogP contribution in [0.1, 0.15) is 268 Å². The zero-order valence-electron chi connectivity index (χ0n) is 83.6. The molecule has 133 heavy (non-hydrogen) atoms. The van der Waals surface area contributed by atoms with Gasteiger partial charge in [0.15, 0.2) is 0 Å². The Kier molecular flexibility index (Phi) is 33.7. The Morgan fingerprint density at radius 3 is 1.14 bits per heavy atom. The van der Waals surface area contributed by atoms with Gasteiger partial charge in [0, 0.05) is 125 Å². The van der Waals surface area contributed by atoms with Crippen molar-refractivity contribution in [3.05, 3.63) is 169 Å². The second-order valence-electron chi connectivity index (χ2n) is 44.7. The van der Waals surface area contributed by atoms with Crippen molar-refractivity contribution in [3.63, 3.8) is 0 Å². The number of rotatable bonds is 4. The lowest BCUT2D eigenvalue weighted by molar-refractivity contribution is -0.138. The number of carbonyl (C=O) groups excluding carboxylic acids is 6. The highest BCUT2D eigenvalue weighted by atomic mass is 79.9. The van der Waals surface area contributed by atoms with Crippen LogP contribution in [0, 0.1) is 19.7 Å². The van der Waals surface area contributed by atoms with Gasteiger partial charge >= 0.3 is 42.7 Å². The predicted molar refractivity (Wildman–Crippen MR) is 536 cm³/mol. The van der Waals surface area contributed by atoms with E-state index in [4.69, 9.17) is 49.5 Å². The summed E-state index contributed by atoms with van der Waals surface area (Å²) in [4.78, 5) is 88.7. The first-order chi connectivity index (χ1) is 60.7. The van der Waals surface area contributed by atoms with Crippen molar-refractivity contribution in [2.45, 2.75) is 301 Å². The molecule has 8 aliphatic heterocycles. The molecule has 0 spiro atoms. The van der Waals surface area contributed by atoms with E-state index in [1.165, 1.54) is 43.7 Å². The maximum Gasteiger partial charge on any atom is 0.416 e. The summed E-state index contributed by atoms with van der Waals surface area (Å²) in [6.45, 7) is 70.8. The van der Waals surface area contributed by atoms with Crippen molar-refractivity contribution in [1.82, 2.24) is 9.80 Å². The van der Waals surface area contributed by atoms with Crippen LogP contribution in [0.4, 0.5) is 80.5 Å². The molecular formula is C102H139Br4ClF4N8O14. The Morgan fingerprint density at radius 2 is 0.737 bits per heavy atom. The highest BCUT2D eigenvalue weighted by Crippen LogP contribution is 2.51. The van der Waals surface area contributed by atoms with E-state index in [-0.39, 0.29) is 82.1 Å². The van der Waals surface area contributed by atoms with Gasteiger partial charge in [-0.05, 0) is 293 Å². The molecule has 734 valence electrons. The zero-order chi connectivity index (χ0) is 100. The van der Waals surface area contributed by atoms with Gasteiger partial charge in [-0.3, -0.25) is 39.2 Å². The number of hydrogen-bond donors (Lipinski definition) is 0. The van der Waals surface area contributed by atoms with Gasteiger partial charge in [0.1, 0.15) is 39.4 Å². The normalized spacial score (nSPS) is 18.5. The zero-order valence-corrected chi connectivity index (χ0v) is 90.7. The number of amides is 6.